The van der Waals surface area contributed by atoms with Crippen LogP contribution in [0.2, 0.25) is 0 Å². The van der Waals surface area contributed by atoms with E-state index in [-0.39, 0.29) is 12.0 Å². The Hall–Kier alpha value is -0.570. The molecule has 1 heterocycles. The quantitative estimate of drug-likeness (QED) is 0.541. The van der Waals surface area contributed by atoms with Gasteiger partial charge in [0.25, 0.3) is 0 Å². The topological polar surface area (TPSA) is 38.3 Å². The molecule has 3 nitrogen and oxygen atoms in total. The Morgan fingerprint density at radius 1 is 1.16 bits per heavy atom. The molecule has 0 aromatic carbocycles. The molecule has 0 aromatic heterocycles. The molecule has 2 aliphatic rings. The molecule has 2 fully saturated rings. The van der Waals surface area contributed by atoms with Crippen LogP contribution in [0.5, 0.6) is 0 Å². The van der Waals surface area contributed by atoms with E-state index in [2.05, 4.69) is 12.2 Å². The molecular weight excluding hydrogens is 238 g/mol. The van der Waals surface area contributed by atoms with Crippen LogP contribution in [-0.4, -0.2) is 24.7 Å². The van der Waals surface area contributed by atoms with E-state index in [0.717, 1.165) is 18.8 Å². The van der Waals surface area contributed by atoms with Crippen LogP contribution in [0.1, 0.15) is 71.1 Å². The van der Waals surface area contributed by atoms with Gasteiger partial charge >= 0.3 is 5.97 Å². The van der Waals surface area contributed by atoms with Gasteiger partial charge < -0.3 is 10.1 Å². The zero-order valence-electron chi connectivity index (χ0n) is 12.3. The molecule has 0 bridgehead atoms. The summed E-state index contributed by atoms with van der Waals surface area (Å²) in [5.74, 6) is 0.717. The SMILES string of the molecule is CCCCCCCCOC(=O)C1CC2CCCC2N1. The fourth-order valence-corrected chi connectivity index (χ4v) is 3.49. The summed E-state index contributed by atoms with van der Waals surface area (Å²) in [4.78, 5) is 11.9. The third kappa shape index (κ3) is 4.48. The first-order valence-corrected chi connectivity index (χ1v) is 8.24. The predicted molar refractivity (Wildman–Crippen MR) is 77.0 cm³/mol. The highest BCUT2D eigenvalue weighted by Gasteiger charge is 2.40. The van der Waals surface area contributed by atoms with Gasteiger partial charge in [-0.1, -0.05) is 45.4 Å². The average molecular weight is 267 g/mol. The summed E-state index contributed by atoms with van der Waals surface area (Å²) >= 11 is 0. The van der Waals surface area contributed by atoms with Gasteiger partial charge in [-0.2, -0.15) is 0 Å². The van der Waals surface area contributed by atoms with Gasteiger partial charge in [-0.25, -0.2) is 0 Å². The third-order valence-corrected chi connectivity index (χ3v) is 4.64. The maximum Gasteiger partial charge on any atom is 0.323 e. The molecule has 3 unspecified atom stereocenters. The van der Waals surface area contributed by atoms with Gasteiger partial charge in [0.05, 0.1) is 6.61 Å². The fourth-order valence-electron chi connectivity index (χ4n) is 3.49. The number of hydrogen-bond donors (Lipinski definition) is 1. The van der Waals surface area contributed by atoms with E-state index in [1.807, 2.05) is 0 Å². The molecule has 0 aromatic rings. The Morgan fingerprint density at radius 3 is 2.74 bits per heavy atom. The second-order valence-electron chi connectivity index (χ2n) is 6.19. The van der Waals surface area contributed by atoms with Crippen molar-refractivity contribution in [3.63, 3.8) is 0 Å². The summed E-state index contributed by atoms with van der Waals surface area (Å²) in [5, 5.41) is 3.45. The van der Waals surface area contributed by atoms with E-state index < -0.39 is 0 Å². The van der Waals surface area contributed by atoms with Crippen molar-refractivity contribution in [2.75, 3.05) is 6.61 Å². The Labute approximate surface area is 117 Å². The first-order chi connectivity index (χ1) is 9.31. The normalized spacial score (nSPS) is 29.4. The summed E-state index contributed by atoms with van der Waals surface area (Å²) in [6.45, 7) is 2.84. The van der Waals surface area contributed by atoms with Gasteiger partial charge in [0.15, 0.2) is 0 Å². The van der Waals surface area contributed by atoms with Gasteiger partial charge in [-0.3, -0.25) is 4.79 Å². The predicted octanol–water partition coefficient (Wildman–Crippen LogP) is 3.42. The van der Waals surface area contributed by atoms with Crippen LogP contribution in [-0.2, 0) is 9.53 Å². The summed E-state index contributed by atoms with van der Waals surface area (Å²) in [6.07, 6.45) is 12.3. The van der Waals surface area contributed by atoms with Crippen molar-refractivity contribution in [3.8, 4) is 0 Å². The first-order valence-electron chi connectivity index (χ1n) is 8.24. The molecule has 1 aliphatic heterocycles. The Bertz CT molecular complexity index is 268. The molecule has 2 rings (SSSR count). The number of unbranched alkanes of at least 4 members (excludes halogenated alkanes) is 5. The average Bonchev–Trinajstić information content (AvgIpc) is 2.98. The lowest BCUT2D eigenvalue weighted by atomic mass is 10.0. The van der Waals surface area contributed by atoms with E-state index in [9.17, 15) is 4.79 Å². The standard InChI is InChI=1S/C16H29NO2/c1-2-3-4-5-6-7-11-19-16(18)15-12-13-9-8-10-14(13)17-15/h13-15,17H,2-12H2,1H3. The van der Waals surface area contributed by atoms with Crippen LogP contribution in [0.15, 0.2) is 0 Å². The number of hydrogen-bond acceptors (Lipinski definition) is 3. The molecule has 1 saturated heterocycles. The minimum absolute atomic E-state index is 0.0111. The number of carbonyl (C=O) groups excluding carboxylic acids is 1. The maximum atomic E-state index is 11.9. The van der Waals surface area contributed by atoms with Crippen LogP contribution >= 0.6 is 0 Å². The summed E-state index contributed by atoms with van der Waals surface area (Å²) in [5.41, 5.74) is 0. The lowest BCUT2D eigenvalue weighted by Crippen LogP contribution is -2.36. The monoisotopic (exact) mass is 267 g/mol. The van der Waals surface area contributed by atoms with Crippen LogP contribution in [0, 0.1) is 5.92 Å². The molecule has 0 spiro atoms. The van der Waals surface area contributed by atoms with E-state index in [1.165, 1.54) is 51.4 Å². The fraction of sp³-hybridized carbons (Fsp3) is 0.938. The minimum Gasteiger partial charge on any atom is -0.465 e. The maximum absolute atomic E-state index is 11.9. The smallest absolute Gasteiger partial charge is 0.323 e. The number of rotatable bonds is 8. The molecule has 1 N–H and O–H groups in total. The van der Waals surface area contributed by atoms with Crippen molar-refractivity contribution in [1.29, 1.82) is 0 Å². The lowest BCUT2D eigenvalue weighted by molar-refractivity contribution is -0.146. The number of esters is 1. The van der Waals surface area contributed by atoms with Crippen molar-refractivity contribution < 1.29 is 9.53 Å². The van der Waals surface area contributed by atoms with Crippen molar-refractivity contribution in [2.24, 2.45) is 5.92 Å². The Morgan fingerprint density at radius 2 is 1.95 bits per heavy atom. The second-order valence-corrected chi connectivity index (χ2v) is 6.19. The largest absolute Gasteiger partial charge is 0.465 e. The van der Waals surface area contributed by atoms with Gasteiger partial charge in [-0.05, 0) is 31.6 Å². The third-order valence-electron chi connectivity index (χ3n) is 4.64. The highest BCUT2D eigenvalue weighted by atomic mass is 16.5. The zero-order chi connectivity index (χ0) is 13.5. The second kappa shape index (κ2) is 7.88. The zero-order valence-corrected chi connectivity index (χ0v) is 12.3. The molecule has 0 radical (unpaired) electrons. The molecular formula is C16H29NO2. The van der Waals surface area contributed by atoms with Crippen molar-refractivity contribution in [1.82, 2.24) is 5.32 Å². The molecule has 1 saturated carbocycles. The Balaban J connectivity index is 1.51. The van der Waals surface area contributed by atoms with Gasteiger partial charge in [0.1, 0.15) is 6.04 Å². The first kappa shape index (κ1) is 14.8. The van der Waals surface area contributed by atoms with E-state index in [4.69, 9.17) is 4.74 Å². The van der Waals surface area contributed by atoms with E-state index in [0.29, 0.717) is 12.6 Å². The van der Waals surface area contributed by atoms with Crippen LogP contribution in [0.25, 0.3) is 0 Å². The van der Waals surface area contributed by atoms with Crippen molar-refractivity contribution in [2.45, 2.75) is 83.2 Å². The molecule has 3 atom stereocenters. The lowest BCUT2D eigenvalue weighted by Gasteiger charge is -2.12. The molecule has 1 aliphatic carbocycles. The van der Waals surface area contributed by atoms with Crippen LogP contribution < -0.4 is 5.32 Å². The van der Waals surface area contributed by atoms with Gasteiger partial charge in [0.2, 0.25) is 0 Å². The minimum atomic E-state index is -0.0182. The highest BCUT2D eigenvalue weighted by Crippen LogP contribution is 2.34. The number of carbonyl (C=O) groups is 1. The van der Waals surface area contributed by atoms with Gasteiger partial charge in [-0.15, -0.1) is 0 Å². The van der Waals surface area contributed by atoms with Crippen molar-refractivity contribution in [3.05, 3.63) is 0 Å². The highest BCUT2D eigenvalue weighted by molar-refractivity contribution is 5.76. The number of nitrogens with one attached hydrogen (secondary N) is 1. The summed E-state index contributed by atoms with van der Waals surface area (Å²) in [7, 11) is 0. The molecule has 3 heteroatoms. The van der Waals surface area contributed by atoms with E-state index in [1.54, 1.807) is 0 Å². The number of ether oxygens (including phenoxy) is 1. The van der Waals surface area contributed by atoms with Crippen LogP contribution in [0.3, 0.4) is 0 Å². The molecule has 0 amide bonds. The Kier molecular flexibility index (Phi) is 6.15. The number of fused-ring (bicyclic) bond motifs is 1. The van der Waals surface area contributed by atoms with Crippen molar-refractivity contribution >= 4 is 5.97 Å². The summed E-state index contributed by atoms with van der Waals surface area (Å²) < 4.78 is 5.40. The van der Waals surface area contributed by atoms with Gasteiger partial charge in [0, 0.05) is 6.04 Å². The van der Waals surface area contributed by atoms with E-state index >= 15 is 0 Å². The summed E-state index contributed by atoms with van der Waals surface area (Å²) in [6, 6.07) is 0.571. The molecule has 19 heavy (non-hydrogen) atoms. The molecule has 110 valence electrons. The van der Waals surface area contributed by atoms with Crippen LogP contribution in [0.4, 0.5) is 0 Å².